The summed E-state index contributed by atoms with van der Waals surface area (Å²) in [6.45, 7) is 6.60. The van der Waals surface area contributed by atoms with E-state index in [0.29, 0.717) is 0 Å². The third-order valence-corrected chi connectivity index (χ3v) is 8.28. The van der Waals surface area contributed by atoms with Gasteiger partial charge in [0.05, 0.1) is 0 Å². The second-order valence-electron chi connectivity index (χ2n) is 12.2. The van der Waals surface area contributed by atoms with Crippen LogP contribution in [0.25, 0.3) is 0 Å². The summed E-state index contributed by atoms with van der Waals surface area (Å²) in [6, 6.07) is 0. The van der Waals surface area contributed by atoms with Crippen LogP contribution in [0.3, 0.4) is 0 Å². The summed E-state index contributed by atoms with van der Waals surface area (Å²) < 4.78 is 5.87. The van der Waals surface area contributed by atoms with Gasteiger partial charge in [-0.3, -0.25) is 0 Å². The molecule has 0 saturated carbocycles. The van der Waals surface area contributed by atoms with E-state index in [1.807, 2.05) is 0 Å². The summed E-state index contributed by atoms with van der Waals surface area (Å²) in [5.41, 5.74) is 0. The first-order chi connectivity index (χ1) is 18.4. The molecule has 0 fully saturated rings. The molecule has 0 spiro atoms. The van der Waals surface area contributed by atoms with E-state index in [1.54, 1.807) is 0 Å². The van der Waals surface area contributed by atoms with Crippen LogP contribution in [-0.4, -0.2) is 13.2 Å². The molecular formula is C36H74OTi+4. The molecule has 38 heavy (non-hydrogen) atoms. The van der Waals surface area contributed by atoms with E-state index in [1.165, 1.54) is 205 Å². The smallest absolute Gasteiger partial charge is 0.381 e. The van der Waals surface area contributed by atoms with Gasteiger partial charge in [-0.1, -0.05) is 206 Å². The monoisotopic (exact) mass is 571 g/mol. The molecule has 0 aliphatic heterocycles. The second-order valence-corrected chi connectivity index (χ2v) is 12.2. The maximum absolute atomic E-state index is 5.87. The molecule has 2 heteroatoms. The second kappa shape index (κ2) is 39.8. The maximum Gasteiger partial charge on any atom is 4.00 e. The fourth-order valence-corrected chi connectivity index (χ4v) is 5.61. The molecule has 0 unspecified atom stereocenters. The first-order valence-electron chi connectivity index (χ1n) is 18.0. The van der Waals surface area contributed by atoms with Crippen molar-refractivity contribution in [3.05, 3.63) is 0 Å². The largest absolute Gasteiger partial charge is 4.00 e. The Bertz CT molecular complexity index is 338. The summed E-state index contributed by atoms with van der Waals surface area (Å²) in [6.07, 6.45) is 46.0. The molecule has 0 aliphatic carbocycles. The van der Waals surface area contributed by atoms with Gasteiger partial charge in [-0.05, 0) is 12.8 Å². The van der Waals surface area contributed by atoms with E-state index < -0.39 is 0 Å². The zero-order chi connectivity index (χ0) is 26.7. The maximum atomic E-state index is 5.87. The molecule has 0 N–H and O–H groups in total. The van der Waals surface area contributed by atoms with E-state index in [2.05, 4.69) is 13.8 Å². The van der Waals surface area contributed by atoms with E-state index in [4.69, 9.17) is 4.74 Å². The minimum atomic E-state index is 0. The van der Waals surface area contributed by atoms with E-state index in [0.717, 1.165) is 13.2 Å². The molecule has 0 aromatic heterocycles. The number of rotatable bonds is 34. The van der Waals surface area contributed by atoms with E-state index in [9.17, 15) is 0 Å². The van der Waals surface area contributed by atoms with Crippen molar-refractivity contribution in [2.24, 2.45) is 0 Å². The Hall–Kier alpha value is 0.674. The summed E-state index contributed by atoms with van der Waals surface area (Å²) >= 11 is 0. The average molecular weight is 571 g/mol. The molecule has 1 nitrogen and oxygen atoms in total. The van der Waals surface area contributed by atoms with Gasteiger partial charge < -0.3 is 4.74 Å². The SMILES string of the molecule is CCCCCCCCCCCCCCCCCCOCCCCCCCCCCCCCCCCCC.[Ti+4]. The summed E-state index contributed by atoms with van der Waals surface area (Å²) in [5.74, 6) is 0. The van der Waals surface area contributed by atoms with Crippen molar-refractivity contribution in [2.45, 2.75) is 219 Å². The standard InChI is InChI=1S/C36H74O.Ti/c1-3-5-7-9-11-13-15-17-19-21-23-25-27-29-31-33-35-37-36-34-32-30-28-26-24-22-20-18-16-14-12-10-8-6-4-2;/h3-36H2,1-2H3;/q;+4. The first-order valence-corrected chi connectivity index (χ1v) is 18.0. The zero-order valence-corrected chi connectivity index (χ0v) is 28.5. The molecule has 0 amide bonds. The van der Waals surface area contributed by atoms with Gasteiger partial charge in [0.1, 0.15) is 0 Å². The molecule has 0 aromatic carbocycles. The van der Waals surface area contributed by atoms with Gasteiger partial charge in [-0.2, -0.15) is 0 Å². The predicted molar refractivity (Wildman–Crippen MR) is 170 cm³/mol. The van der Waals surface area contributed by atoms with Crippen molar-refractivity contribution >= 4 is 0 Å². The van der Waals surface area contributed by atoms with Crippen molar-refractivity contribution < 1.29 is 26.5 Å². The first kappa shape index (κ1) is 40.8. The van der Waals surface area contributed by atoms with Crippen LogP contribution in [0.4, 0.5) is 0 Å². The quantitative estimate of drug-likeness (QED) is 0.0552. The van der Waals surface area contributed by atoms with Crippen LogP contribution in [0.2, 0.25) is 0 Å². The zero-order valence-electron chi connectivity index (χ0n) is 26.9. The van der Waals surface area contributed by atoms with Crippen molar-refractivity contribution in [1.29, 1.82) is 0 Å². The Kier molecular flexibility index (Phi) is 42.8. The van der Waals surface area contributed by atoms with Crippen LogP contribution < -0.4 is 0 Å². The molecule has 0 aromatic rings. The Labute approximate surface area is 258 Å². The van der Waals surface area contributed by atoms with Crippen LogP contribution in [0, 0.1) is 0 Å². The van der Waals surface area contributed by atoms with Crippen molar-refractivity contribution in [3.8, 4) is 0 Å². The normalized spacial score (nSPS) is 11.2. The summed E-state index contributed by atoms with van der Waals surface area (Å²) in [7, 11) is 0. The van der Waals surface area contributed by atoms with Crippen molar-refractivity contribution in [1.82, 2.24) is 0 Å². The van der Waals surface area contributed by atoms with Gasteiger partial charge >= 0.3 is 21.7 Å². The fraction of sp³-hybridized carbons (Fsp3) is 1.00. The van der Waals surface area contributed by atoms with Crippen LogP contribution in [0.1, 0.15) is 219 Å². The van der Waals surface area contributed by atoms with Gasteiger partial charge in [0, 0.05) is 13.2 Å². The van der Waals surface area contributed by atoms with Crippen LogP contribution in [0.15, 0.2) is 0 Å². The number of unbranched alkanes of at least 4 members (excludes halogenated alkanes) is 30. The summed E-state index contributed by atoms with van der Waals surface area (Å²) in [4.78, 5) is 0. The number of ether oxygens (including phenoxy) is 1. The Morgan fingerprint density at radius 2 is 0.395 bits per heavy atom. The molecule has 0 saturated heterocycles. The third kappa shape index (κ3) is 38.8. The van der Waals surface area contributed by atoms with Crippen molar-refractivity contribution in [2.75, 3.05) is 13.2 Å². The van der Waals surface area contributed by atoms with Gasteiger partial charge in [-0.25, -0.2) is 0 Å². The van der Waals surface area contributed by atoms with Gasteiger partial charge in [0.15, 0.2) is 0 Å². The molecule has 224 valence electrons. The summed E-state index contributed by atoms with van der Waals surface area (Å²) in [5, 5.41) is 0. The molecule has 0 radical (unpaired) electrons. The average Bonchev–Trinajstić information content (AvgIpc) is 2.91. The fourth-order valence-electron chi connectivity index (χ4n) is 5.61. The molecular weight excluding hydrogens is 496 g/mol. The van der Waals surface area contributed by atoms with Crippen molar-refractivity contribution in [3.63, 3.8) is 0 Å². The van der Waals surface area contributed by atoms with E-state index in [-0.39, 0.29) is 21.7 Å². The molecule has 0 rings (SSSR count). The van der Waals surface area contributed by atoms with Gasteiger partial charge in [-0.15, -0.1) is 0 Å². The Balaban J connectivity index is 0. The Morgan fingerprint density at radius 3 is 0.579 bits per heavy atom. The molecule has 0 heterocycles. The van der Waals surface area contributed by atoms with Crippen LogP contribution >= 0.6 is 0 Å². The predicted octanol–water partition coefficient (Wildman–Crippen LogP) is 13.5. The van der Waals surface area contributed by atoms with Crippen LogP contribution in [0.5, 0.6) is 0 Å². The van der Waals surface area contributed by atoms with Crippen LogP contribution in [-0.2, 0) is 26.5 Å². The number of hydrogen-bond acceptors (Lipinski definition) is 1. The van der Waals surface area contributed by atoms with E-state index >= 15 is 0 Å². The number of hydrogen-bond donors (Lipinski definition) is 0. The minimum Gasteiger partial charge on any atom is -0.381 e. The van der Waals surface area contributed by atoms with Gasteiger partial charge in [0.2, 0.25) is 0 Å². The minimum absolute atomic E-state index is 0. The topological polar surface area (TPSA) is 9.23 Å². The third-order valence-electron chi connectivity index (χ3n) is 8.28. The molecule has 0 bridgehead atoms. The Morgan fingerprint density at radius 1 is 0.237 bits per heavy atom. The van der Waals surface area contributed by atoms with Gasteiger partial charge in [0.25, 0.3) is 0 Å². The molecule has 0 aliphatic rings. The molecule has 0 atom stereocenters.